The Morgan fingerprint density at radius 1 is 1.20 bits per heavy atom. The standard InChI is InChI=1S/C16H21N3O/c17-13-5-4-8-16(11-13)20-12-14-9-10-19(18-14)15-6-2-1-3-7-15/h4-5,8-11,15H,1-3,6-7,12,17H2. The van der Waals surface area contributed by atoms with Gasteiger partial charge in [0, 0.05) is 18.0 Å². The van der Waals surface area contributed by atoms with Crippen LogP contribution in [0.25, 0.3) is 0 Å². The van der Waals surface area contributed by atoms with Crippen molar-refractivity contribution in [1.82, 2.24) is 9.78 Å². The molecule has 0 radical (unpaired) electrons. The molecule has 1 fully saturated rings. The number of nitrogen functional groups attached to an aromatic ring is 1. The molecule has 1 saturated carbocycles. The second kappa shape index (κ2) is 5.99. The first-order valence-corrected chi connectivity index (χ1v) is 7.33. The van der Waals surface area contributed by atoms with Gasteiger partial charge in [0.2, 0.25) is 0 Å². The van der Waals surface area contributed by atoms with Gasteiger partial charge in [0.05, 0.1) is 11.7 Å². The molecule has 106 valence electrons. The van der Waals surface area contributed by atoms with E-state index in [2.05, 4.69) is 16.0 Å². The Hall–Kier alpha value is -1.97. The minimum absolute atomic E-state index is 0.489. The van der Waals surface area contributed by atoms with E-state index in [9.17, 15) is 0 Å². The summed E-state index contributed by atoms with van der Waals surface area (Å²) in [5.41, 5.74) is 7.42. The summed E-state index contributed by atoms with van der Waals surface area (Å²) in [5, 5.41) is 4.63. The third-order valence-corrected chi connectivity index (χ3v) is 3.86. The van der Waals surface area contributed by atoms with Gasteiger partial charge in [-0.1, -0.05) is 25.3 Å². The predicted molar refractivity (Wildman–Crippen MR) is 79.5 cm³/mol. The van der Waals surface area contributed by atoms with Crippen molar-refractivity contribution in [3.8, 4) is 5.75 Å². The zero-order valence-corrected chi connectivity index (χ0v) is 11.7. The fourth-order valence-electron chi connectivity index (χ4n) is 2.76. The molecule has 2 aromatic rings. The van der Waals surface area contributed by atoms with Gasteiger partial charge in [-0.05, 0) is 31.0 Å². The molecule has 0 bridgehead atoms. The molecule has 1 heterocycles. The van der Waals surface area contributed by atoms with E-state index in [0.29, 0.717) is 12.6 Å². The Morgan fingerprint density at radius 2 is 2.05 bits per heavy atom. The maximum absolute atomic E-state index is 5.73. The fourth-order valence-corrected chi connectivity index (χ4v) is 2.76. The number of aromatic nitrogens is 2. The second-order valence-electron chi connectivity index (χ2n) is 5.44. The molecule has 0 aliphatic heterocycles. The van der Waals surface area contributed by atoms with Gasteiger partial charge in [-0.25, -0.2) is 0 Å². The van der Waals surface area contributed by atoms with Crippen LogP contribution in [0.3, 0.4) is 0 Å². The Balaban J connectivity index is 1.59. The van der Waals surface area contributed by atoms with Gasteiger partial charge < -0.3 is 10.5 Å². The summed E-state index contributed by atoms with van der Waals surface area (Å²) in [6.07, 6.45) is 8.57. The summed E-state index contributed by atoms with van der Waals surface area (Å²) in [6, 6.07) is 10.1. The van der Waals surface area contributed by atoms with Crippen molar-refractivity contribution in [3.05, 3.63) is 42.2 Å². The highest BCUT2D eigenvalue weighted by molar-refractivity contribution is 5.43. The van der Waals surface area contributed by atoms with Crippen LogP contribution < -0.4 is 10.5 Å². The molecular formula is C16H21N3O. The average molecular weight is 271 g/mol. The van der Waals surface area contributed by atoms with Crippen LogP contribution in [0.1, 0.15) is 43.8 Å². The Bertz CT molecular complexity index is 558. The molecule has 0 spiro atoms. The Kier molecular flexibility index (Phi) is 3.90. The largest absolute Gasteiger partial charge is 0.487 e. The van der Waals surface area contributed by atoms with E-state index in [1.807, 2.05) is 30.3 Å². The van der Waals surface area contributed by atoms with Crippen molar-refractivity contribution in [2.24, 2.45) is 0 Å². The number of rotatable bonds is 4. The van der Waals surface area contributed by atoms with Crippen LogP contribution in [0.4, 0.5) is 5.69 Å². The first-order valence-electron chi connectivity index (χ1n) is 7.33. The minimum Gasteiger partial charge on any atom is -0.487 e. The van der Waals surface area contributed by atoms with Crippen LogP contribution in [0.2, 0.25) is 0 Å². The lowest BCUT2D eigenvalue weighted by atomic mass is 9.96. The van der Waals surface area contributed by atoms with Gasteiger partial charge in [-0.15, -0.1) is 0 Å². The third kappa shape index (κ3) is 3.13. The first-order chi connectivity index (χ1) is 9.81. The molecule has 1 aromatic carbocycles. The summed E-state index contributed by atoms with van der Waals surface area (Å²) < 4.78 is 7.83. The van der Waals surface area contributed by atoms with E-state index in [4.69, 9.17) is 10.5 Å². The quantitative estimate of drug-likeness (QED) is 0.865. The lowest BCUT2D eigenvalue weighted by molar-refractivity contribution is 0.291. The van der Waals surface area contributed by atoms with Crippen molar-refractivity contribution in [2.75, 3.05) is 5.73 Å². The van der Waals surface area contributed by atoms with Gasteiger partial charge in [0.15, 0.2) is 0 Å². The molecule has 1 aliphatic carbocycles. The van der Waals surface area contributed by atoms with E-state index in [-0.39, 0.29) is 0 Å². The topological polar surface area (TPSA) is 53.1 Å². The van der Waals surface area contributed by atoms with Crippen LogP contribution in [-0.4, -0.2) is 9.78 Å². The maximum Gasteiger partial charge on any atom is 0.132 e. The Morgan fingerprint density at radius 3 is 2.85 bits per heavy atom. The van der Waals surface area contributed by atoms with E-state index in [1.165, 1.54) is 32.1 Å². The summed E-state index contributed by atoms with van der Waals surface area (Å²) in [4.78, 5) is 0. The van der Waals surface area contributed by atoms with E-state index >= 15 is 0 Å². The normalized spacial score (nSPS) is 16.2. The zero-order valence-electron chi connectivity index (χ0n) is 11.7. The Labute approximate surface area is 119 Å². The minimum atomic E-state index is 0.489. The molecule has 4 nitrogen and oxygen atoms in total. The van der Waals surface area contributed by atoms with Crippen LogP contribution in [-0.2, 0) is 6.61 Å². The highest BCUT2D eigenvalue weighted by Gasteiger charge is 2.15. The predicted octanol–water partition coefficient (Wildman–Crippen LogP) is 3.55. The average Bonchev–Trinajstić information content (AvgIpc) is 2.95. The van der Waals surface area contributed by atoms with Crippen molar-refractivity contribution in [3.63, 3.8) is 0 Å². The van der Waals surface area contributed by atoms with E-state index in [0.717, 1.165) is 17.1 Å². The van der Waals surface area contributed by atoms with Gasteiger partial charge >= 0.3 is 0 Å². The van der Waals surface area contributed by atoms with Crippen molar-refractivity contribution < 1.29 is 4.74 Å². The lowest BCUT2D eigenvalue weighted by Gasteiger charge is -2.21. The summed E-state index contributed by atoms with van der Waals surface area (Å²) in [7, 11) is 0. The van der Waals surface area contributed by atoms with Crippen LogP contribution in [0, 0.1) is 0 Å². The van der Waals surface area contributed by atoms with Gasteiger partial charge in [0.1, 0.15) is 12.4 Å². The maximum atomic E-state index is 5.73. The molecule has 3 rings (SSSR count). The third-order valence-electron chi connectivity index (χ3n) is 3.86. The highest BCUT2D eigenvalue weighted by Crippen LogP contribution is 2.27. The second-order valence-corrected chi connectivity index (χ2v) is 5.44. The SMILES string of the molecule is Nc1cccc(OCc2ccn(C3CCCCC3)n2)c1. The molecule has 1 aliphatic rings. The lowest BCUT2D eigenvalue weighted by Crippen LogP contribution is -2.13. The highest BCUT2D eigenvalue weighted by atomic mass is 16.5. The number of hydrogen-bond donors (Lipinski definition) is 1. The van der Waals surface area contributed by atoms with Gasteiger partial charge in [-0.3, -0.25) is 4.68 Å². The van der Waals surface area contributed by atoms with Crippen molar-refractivity contribution in [1.29, 1.82) is 0 Å². The molecular weight excluding hydrogens is 250 g/mol. The molecule has 0 unspecified atom stereocenters. The van der Waals surface area contributed by atoms with Gasteiger partial charge in [0.25, 0.3) is 0 Å². The fraction of sp³-hybridized carbons (Fsp3) is 0.438. The molecule has 4 heteroatoms. The number of nitrogens with zero attached hydrogens (tertiary/aromatic N) is 2. The van der Waals surface area contributed by atoms with Gasteiger partial charge in [-0.2, -0.15) is 5.10 Å². The van der Waals surface area contributed by atoms with Crippen molar-refractivity contribution >= 4 is 5.69 Å². The molecule has 0 amide bonds. The number of hydrogen-bond acceptors (Lipinski definition) is 3. The molecule has 1 aromatic heterocycles. The summed E-state index contributed by atoms with van der Waals surface area (Å²) in [6.45, 7) is 0.489. The molecule has 2 N–H and O–H groups in total. The summed E-state index contributed by atoms with van der Waals surface area (Å²) >= 11 is 0. The van der Waals surface area contributed by atoms with Crippen LogP contribution in [0.5, 0.6) is 5.75 Å². The van der Waals surface area contributed by atoms with Crippen LogP contribution >= 0.6 is 0 Å². The van der Waals surface area contributed by atoms with E-state index in [1.54, 1.807) is 0 Å². The first kappa shape index (κ1) is 13.0. The molecule has 0 saturated heterocycles. The number of benzene rings is 1. The van der Waals surface area contributed by atoms with Crippen molar-refractivity contribution in [2.45, 2.75) is 44.8 Å². The molecule has 0 atom stereocenters. The number of anilines is 1. The summed E-state index contributed by atoms with van der Waals surface area (Å²) in [5.74, 6) is 0.789. The molecule has 20 heavy (non-hydrogen) atoms. The number of nitrogens with two attached hydrogens (primary N) is 1. The van der Waals surface area contributed by atoms with E-state index < -0.39 is 0 Å². The zero-order chi connectivity index (χ0) is 13.8. The number of ether oxygens (including phenoxy) is 1. The smallest absolute Gasteiger partial charge is 0.132 e. The van der Waals surface area contributed by atoms with Crippen LogP contribution in [0.15, 0.2) is 36.5 Å². The monoisotopic (exact) mass is 271 g/mol.